The van der Waals surface area contributed by atoms with Gasteiger partial charge in [0.1, 0.15) is 0 Å². The lowest BCUT2D eigenvalue weighted by Crippen LogP contribution is -2.23. The second-order valence-corrected chi connectivity index (χ2v) is 4.79. The van der Waals surface area contributed by atoms with Gasteiger partial charge in [-0.3, -0.25) is 10.1 Å². The van der Waals surface area contributed by atoms with Crippen LogP contribution in [0.4, 0.5) is 5.95 Å². The minimum atomic E-state index is -0.0926. The van der Waals surface area contributed by atoms with Crippen molar-refractivity contribution in [3.05, 3.63) is 54.4 Å². The van der Waals surface area contributed by atoms with Gasteiger partial charge in [-0.1, -0.05) is 30.3 Å². The van der Waals surface area contributed by atoms with Gasteiger partial charge in [0.25, 0.3) is 0 Å². The van der Waals surface area contributed by atoms with Crippen LogP contribution in [-0.4, -0.2) is 15.9 Å². The molecule has 1 N–H and O–H groups in total. The van der Waals surface area contributed by atoms with E-state index in [4.69, 9.17) is 0 Å². The molecule has 0 spiro atoms. The molecule has 0 saturated heterocycles. The number of carbonyl (C=O) groups excluding carboxylic acids is 1. The molecule has 1 fully saturated rings. The van der Waals surface area contributed by atoms with E-state index in [1.54, 1.807) is 18.5 Å². The lowest BCUT2D eigenvalue weighted by molar-refractivity contribution is -0.118. The van der Waals surface area contributed by atoms with Crippen molar-refractivity contribution in [3.63, 3.8) is 0 Å². The molecule has 1 saturated carbocycles. The second-order valence-electron chi connectivity index (χ2n) is 4.79. The van der Waals surface area contributed by atoms with Crippen LogP contribution in [0.1, 0.15) is 24.3 Å². The highest BCUT2D eigenvalue weighted by atomic mass is 16.2. The number of hydrogen-bond donors (Lipinski definition) is 1. The first-order chi connectivity index (χ1) is 9.34. The van der Waals surface area contributed by atoms with E-state index in [0.717, 1.165) is 18.4 Å². The van der Waals surface area contributed by atoms with Gasteiger partial charge < -0.3 is 0 Å². The van der Waals surface area contributed by atoms with Crippen molar-refractivity contribution in [2.45, 2.75) is 18.8 Å². The zero-order valence-electron chi connectivity index (χ0n) is 10.5. The molecule has 1 aliphatic rings. The van der Waals surface area contributed by atoms with Crippen molar-refractivity contribution in [2.75, 3.05) is 5.32 Å². The second kappa shape index (κ2) is 5.18. The summed E-state index contributed by atoms with van der Waals surface area (Å²) in [7, 11) is 0. The Hall–Kier alpha value is -2.23. The first-order valence-corrected chi connectivity index (χ1v) is 6.47. The van der Waals surface area contributed by atoms with Crippen molar-refractivity contribution in [3.8, 4) is 0 Å². The van der Waals surface area contributed by atoms with Gasteiger partial charge in [0.2, 0.25) is 11.9 Å². The van der Waals surface area contributed by atoms with Crippen molar-refractivity contribution in [1.29, 1.82) is 0 Å². The Bertz CT molecular complexity index is 552. The molecular weight excluding hydrogens is 238 g/mol. The summed E-state index contributed by atoms with van der Waals surface area (Å²) in [6, 6.07) is 11.6. The number of benzene rings is 1. The first kappa shape index (κ1) is 11.8. The molecule has 4 heteroatoms. The van der Waals surface area contributed by atoms with Gasteiger partial charge in [0.05, 0.1) is 5.92 Å². The van der Waals surface area contributed by atoms with Gasteiger partial charge in [-0.25, -0.2) is 9.97 Å². The Kier molecular flexibility index (Phi) is 3.23. The lowest BCUT2D eigenvalue weighted by Gasteiger charge is -2.15. The summed E-state index contributed by atoms with van der Waals surface area (Å²) >= 11 is 0. The number of rotatable bonds is 4. The number of hydrogen-bond acceptors (Lipinski definition) is 3. The molecule has 2 aromatic rings. The summed E-state index contributed by atoms with van der Waals surface area (Å²) in [5.74, 6) is 0.713. The Morgan fingerprint density at radius 3 is 2.42 bits per heavy atom. The zero-order valence-corrected chi connectivity index (χ0v) is 10.5. The average molecular weight is 253 g/mol. The van der Waals surface area contributed by atoms with Crippen LogP contribution in [0.15, 0.2) is 48.8 Å². The first-order valence-electron chi connectivity index (χ1n) is 6.47. The van der Waals surface area contributed by atoms with Crippen molar-refractivity contribution in [2.24, 2.45) is 5.92 Å². The Balaban J connectivity index is 1.79. The summed E-state index contributed by atoms with van der Waals surface area (Å²) in [4.78, 5) is 20.5. The molecule has 1 atom stereocenters. The van der Waals surface area contributed by atoms with E-state index in [2.05, 4.69) is 15.3 Å². The van der Waals surface area contributed by atoms with E-state index in [1.165, 1.54) is 0 Å². The molecule has 1 aromatic heterocycles. The monoisotopic (exact) mass is 253 g/mol. The molecule has 1 heterocycles. The maximum absolute atomic E-state index is 12.4. The summed E-state index contributed by atoms with van der Waals surface area (Å²) < 4.78 is 0. The average Bonchev–Trinajstić information content (AvgIpc) is 3.26. The molecule has 1 aliphatic carbocycles. The van der Waals surface area contributed by atoms with Crippen molar-refractivity contribution >= 4 is 11.9 Å². The van der Waals surface area contributed by atoms with Crippen LogP contribution < -0.4 is 5.32 Å². The molecule has 4 nitrogen and oxygen atoms in total. The third-order valence-electron chi connectivity index (χ3n) is 3.34. The normalized spacial score (nSPS) is 15.8. The summed E-state index contributed by atoms with van der Waals surface area (Å²) in [5, 5.41) is 2.80. The fourth-order valence-corrected chi connectivity index (χ4v) is 2.28. The lowest BCUT2D eigenvalue weighted by atomic mass is 9.93. The van der Waals surface area contributed by atoms with Crippen LogP contribution in [0.25, 0.3) is 0 Å². The van der Waals surface area contributed by atoms with Gasteiger partial charge in [-0.15, -0.1) is 0 Å². The van der Waals surface area contributed by atoms with E-state index in [9.17, 15) is 4.79 Å². The number of nitrogens with zero attached hydrogens (tertiary/aromatic N) is 2. The van der Waals surface area contributed by atoms with Crippen LogP contribution in [0.2, 0.25) is 0 Å². The highest BCUT2D eigenvalue weighted by molar-refractivity contribution is 5.95. The minimum absolute atomic E-state index is 0.0140. The number of nitrogens with one attached hydrogen (secondary N) is 1. The highest BCUT2D eigenvalue weighted by Gasteiger charge is 2.37. The summed E-state index contributed by atoms with van der Waals surface area (Å²) in [6.07, 6.45) is 5.47. The molecule has 0 aliphatic heterocycles. The standard InChI is InChI=1S/C15H15N3O/c19-14(18-15-16-9-4-10-17-15)13(12-7-8-12)11-5-2-1-3-6-11/h1-6,9-10,12-13H,7-8H2,(H,16,17,18,19). The largest absolute Gasteiger partial charge is 0.294 e. The van der Waals surface area contributed by atoms with Crippen LogP contribution in [-0.2, 0) is 4.79 Å². The summed E-state index contributed by atoms with van der Waals surface area (Å²) in [5.41, 5.74) is 1.07. The predicted molar refractivity (Wildman–Crippen MR) is 72.6 cm³/mol. The molecule has 96 valence electrons. The maximum atomic E-state index is 12.4. The Morgan fingerprint density at radius 2 is 1.79 bits per heavy atom. The number of amides is 1. The molecule has 0 radical (unpaired) electrons. The molecule has 1 aromatic carbocycles. The Morgan fingerprint density at radius 1 is 1.11 bits per heavy atom. The fourth-order valence-electron chi connectivity index (χ4n) is 2.28. The number of anilines is 1. The Labute approximate surface area is 111 Å². The molecular formula is C15H15N3O. The van der Waals surface area contributed by atoms with Gasteiger partial charge >= 0.3 is 0 Å². The van der Waals surface area contributed by atoms with Gasteiger partial charge in [-0.2, -0.15) is 0 Å². The van der Waals surface area contributed by atoms with Crippen LogP contribution in [0, 0.1) is 5.92 Å². The van der Waals surface area contributed by atoms with Gasteiger partial charge in [-0.05, 0) is 30.4 Å². The quantitative estimate of drug-likeness (QED) is 0.911. The SMILES string of the molecule is O=C(Nc1ncccn1)C(c1ccccc1)C1CC1. The molecule has 3 rings (SSSR count). The fraction of sp³-hybridized carbons (Fsp3) is 0.267. The molecule has 19 heavy (non-hydrogen) atoms. The minimum Gasteiger partial charge on any atom is -0.294 e. The molecule has 1 amide bonds. The topological polar surface area (TPSA) is 54.9 Å². The third-order valence-corrected chi connectivity index (χ3v) is 3.34. The predicted octanol–water partition coefficient (Wildman–Crippen LogP) is 2.61. The van der Waals surface area contributed by atoms with E-state index in [-0.39, 0.29) is 11.8 Å². The smallest absolute Gasteiger partial charge is 0.234 e. The van der Waals surface area contributed by atoms with E-state index >= 15 is 0 Å². The van der Waals surface area contributed by atoms with Crippen LogP contribution in [0.3, 0.4) is 0 Å². The zero-order chi connectivity index (χ0) is 13.1. The van der Waals surface area contributed by atoms with Crippen LogP contribution in [0.5, 0.6) is 0 Å². The van der Waals surface area contributed by atoms with Crippen molar-refractivity contribution < 1.29 is 4.79 Å². The number of aromatic nitrogens is 2. The van der Waals surface area contributed by atoms with Gasteiger partial charge in [0, 0.05) is 12.4 Å². The number of carbonyl (C=O) groups is 1. The van der Waals surface area contributed by atoms with Crippen molar-refractivity contribution in [1.82, 2.24) is 9.97 Å². The summed E-state index contributed by atoms with van der Waals surface area (Å²) in [6.45, 7) is 0. The van der Waals surface area contributed by atoms with Crippen LogP contribution >= 0.6 is 0 Å². The maximum Gasteiger partial charge on any atom is 0.234 e. The van der Waals surface area contributed by atoms with Gasteiger partial charge in [0.15, 0.2) is 0 Å². The highest BCUT2D eigenvalue weighted by Crippen LogP contribution is 2.43. The van der Waals surface area contributed by atoms with E-state index < -0.39 is 0 Å². The van der Waals surface area contributed by atoms with E-state index in [1.807, 2.05) is 30.3 Å². The molecule has 0 bridgehead atoms. The third kappa shape index (κ3) is 2.78. The molecule has 1 unspecified atom stereocenters. The van der Waals surface area contributed by atoms with E-state index in [0.29, 0.717) is 11.9 Å².